The molecule has 1 rings (SSSR count). The van der Waals surface area contributed by atoms with Gasteiger partial charge in [0.1, 0.15) is 0 Å². The highest BCUT2D eigenvalue weighted by molar-refractivity contribution is 7.89. The number of nitro benzene ring substituents is 1. The van der Waals surface area contributed by atoms with E-state index in [1.807, 2.05) is 0 Å². The van der Waals surface area contributed by atoms with Gasteiger partial charge < -0.3 is 0 Å². The molecule has 0 radical (unpaired) electrons. The summed E-state index contributed by atoms with van der Waals surface area (Å²) in [4.78, 5) is 10.3. The van der Waals surface area contributed by atoms with Gasteiger partial charge in [-0.05, 0) is 46.2 Å². The van der Waals surface area contributed by atoms with Crippen molar-refractivity contribution in [1.82, 2.24) is 4.72 Å². The van der Waals surface area contributed by atoms with Gasteiger partial charge in [-0.2, -0.15) is 0 Å². The van der Waals surface area contributed by atoms with Crippen molar-refractivity contribution in [2.24, 2.45) is 0 Å². The molecule has 0 atom stereocenters. The molecule has 1 aromatic rings. The van der Waals surface area contributed by atoms with E-state index in [1.54, 1.807) is 34.6 Å². The summed E-state index contributed by atoms with van der Waals surface area (Å²) in [7, 11) is -3.77. The van der Waals surface area contributed by atoms with Crippen LogP contribution in [0.5, 0.6) is 0 Å². The molecule has 106 valence electrons. The summed E-state index contributed by atoms with van der Waals surface area (Å²) in [5, 5.41) is 10.9. The minimum atomic E-state index is -3.77. The number of nitro groups is 1. The molecule has 0 aliphatic carbocycles. The van der Waals surface area contributed by atoms with E-state index in [-0.39, 0.29) is 10.6 Å². The first-order chi connectivity index (χ1) is 8.44. The molecule has 0 saturated heterocycles. The highest BCUT2D eigenvalue weighted by atomic mass is 32.2. The Labute approximate surface area is 113 Å². The first-order valence-corrected chi connectivity index (χ1v) is 7.22. The smallest absolute Gasteiger partial charge is 0.258 e. The molecule has 6 nitrogen and oxygen atoms in total. The number of sulfonamides is 1. The van der Waals surface area contributed by atoms with Crippen molar-refractivity contribution >= 4 is 15.7 Å². The summed E-state index contributed by atoms with van der Waals surface area (Å²) in [5.74, 6) is 0. The van der Waals surface area contributed by atoms with Crippen molar-refractivity contribution in [2.75, 3.05) is 0 Å². The van der Waals surface area contributed by atoms with Crippen LogP contribution in [0.4, 0.5) is 5.69 Å². The van der Waals surface area contributed by atoms with Crippen LogP contribution >= 0.6 is 0 Å². The van der Waals surface area contributed by atoms with Gasteiger partial charge in [-0.1, -0.05) is 0 Å². The van der Waals surface area contributed by atoms with Gasteiger partial charge in [0, 0.05) is 17.2 Å². The largest absolute Gasteiger partial charge is 0.273 e. The topological polar surface area (TPSA) is 89.3 Å². The van der Waals surface area contributed by atoms with E-state index in [1.165, 1.54) is 6.07 Å². The Morgan fingerprint density at radius 2 is 1.74 bits per heavy atom. The monoisotopic (exact) mass is 286 g/mol. The van der Waals surface area contributed by atoms with Crippen LogP contribution in [-0.2, 0) is 10.0 Å². The molecule has 1 aromatic carbocycles. The number of hydrogen-bond acceptors (Lipinski definition) is 4. The third-order valence-electron chi connectivity index (χ3n) is 2.56. The molecule has 0 fully saturated rings. The molecule has 7 heteroatoms. The van der Waals surface area contributed by atoms with E-state index >= 15 is 0 Å². The van der Waals surface area contributed by atoms with E-state index < -0.39 is 20.5 Å². The number of aryl methyl sites for hydroxylation is 1. The second-order valence-electron chi connectivity index (χ2n) is 5.50. The lowest BCUT2D eigenvalue weighted by Crippen LogP contribution is -2.40. The predicted octanol–water partition coefficient (Wildman–Crippen LogP) is 2.29. The Kier molecular flexibility index (Phi) is 4.02. The Hall–Kier alpha value is -1.47. The fourth-order valence-electron chi connectivity index (χ4n) is 1.62. The van der Waals surface area contributed by atoms with Crippen molar-refractivity contribution in [2.45, 2.75) is 45.1 Å². The van der Waals surface area contributed by atoms with Gasteiger partial charge in [-0.15, -0.1) is 0 Å². The Morgan fingerprint density at radius 3 is 2.16 bits per heavy atom. The summed E-state index contributed by atoms with van der Waals surface area (Å²) >= 11 is 0. The minimum Gasteiger partial charge on any atom is -0.258 e. The molecule has 0 unspecified atom stereocenters. The molecule has 0 aromatic heterocycles. The molecule has 0 saturated carbocycles. The number of benzene rings is 1. The van der Waals surface area contributed by atoms with Crippen LogP contribution in [0.3, 0.4) is 0 Å². The number of nitrogens with one attached hydrogen (secondary N) is 1. The normalized spacial score (nSPS) is 12.5. The summed E-state index contributed by atoms with van der Waals surface area (Å²) in [5.41, 5.74) is 0.212. The summed E-state index contributed by atoms with van der Waals surface area (Å²) in [6.07, 6.45) is 0. The Balaban J connectivity index is 3.41. The zero-order chi connectivity index (χ0) is 15.0. The van der Waals surface area contributed by atoms with Crippen molar-refractivity contribution in [1.29, 1.82) is 0 Å². The van der Waals surface area contributed by atoms with Crippen LogP contribution in [-0.4, -0.2) is 18.9 Å². The van der Waals surface area contributed by atoms with E-state index in [2.05, 4.69) is 4.72 Å². The van der Waals surface area contributed by atoms with E-state index in [0.717, 1.165) is 6.07 Å². The quantitative estimate of drug-likeness (QED) is 0.682. The van der Waals surface area contributed by atoms with Gasteiger partial charge in [-0.25, -0.2) is 13.1 Å². The maximum Gasteiger partial charge on any atom is 0.273 e. The van der Waals surface area contributed by atoms with Crippen LogP contribution < -0.4 is 4.72 Å². The Morgan fingerprint density at radius 1 is 1.21 bits per heavy atom. The molecule has 19 heavy (non-hydrogen) atoms. The predicted molar refractivity (Wildman–Crippen MR) is 72.6 cm³/mol. The summed E-state index contributed by atoms with van der Waals surface area (Å²) < 4.78 is 26.8. The number of rotatable bonds is 3. The lowest BCUT2D eigenvalue weighted by molar-refractivity contribution is -0.385. The summed E-state index contributed by atoms with van der Waals surface area (Å²) in [6.45, 7) is 8.37. The minimum absolute atomic E-state index is 0.0859. The second kappa shape index (κ2) is 4.90. The molecule has 0 bridgehead atoms. The van der Waals surface area contributed by atoms with Gasteiger partial charge in [0.15, 0.2) is 0 Å². The lowest BCUT2D eigenvalue weighted by atomic mass is 10.1. The standard InChI is InChI=1S/C12H18N2O4S/c1-8-6-10(7-11(9(8)2)14(15)16)19(17,18)13-12(3,4)5/h6-7,13H,1-5H3. The molecular weight excluding hydrogens is 268 g/mol. The highest BCUT2D eigenvalue weighted by Gasteiger charge is 2.25. The molecule has 0 heterocycles. The van der Waals surface area contributed by atoms with Crippen LogP contribution in [0.1, 0.15) is 31.9 Å². The zero-order valence-electron chi connectivity index (χ0n) is 11.6. The molecule has 0 spiro atoms. The highest BCUT2D eigenvalue weighted by Crippen LogP contribution is 2.26. The molecule has 1 N–H and O–H groups in total. The van der Waals surface area contributed by atoms with E-state index in [9.17, 15) is 18.5 Å². The zero-order valence-corrected chi connectivity index (χ0v) is 12.5. The van der Waals surface area contributed by atoms with Gasteiger partial charge in [0.25, 0.3) is 5.69 Å². The molecule has 0 amide bonds. The van der Waals surface area contributed by atoms with Crippen molar-refractivity contribution < 1.29 is 13.3 Å². The first-order valence-electron chi connectivity index (χ1n) is 5.74. The third kappa shape index (κ3) is 3.74. The van der Waals surface area contributed by atoms with Crippen molar-refractivity contribution in [3.8, 4) is 0 Å². The second-order valence-corrected chi connectivity index (χ2v) is 7.18. The fourth-order valence-corrected chi connectivity index (χ4v) is 3.14. The number of hydrogen-bond donors (Lipinski definition) is 1. The van der Waals surface area contributed by atoms with Crippen LogP contribution in [0.15, 0.2) is 17.0 Å². The van der Waals surface area contributed by atoms with Gasteiger partial charge in [0.2, 0.25) is 10.0 Å². The Bertz CT molecular complexity index is 615. The average Bonchev–Trinajstić information content (AvgIpc) is 2.17. The average molecular weight is 286 g/mol. The van der Waals surface area contributed by atoms with Crippen molar-refractivity contribution in [3.05, 3.63) is 33.4 Å². The summed E-state index contributed by atoms with van der Waals surface area (Å²) in [6, 6.07) is 2.53. The van der Waals surface area contributed by atoms with E-state index in [4.69, 9.17) is 0 Å². The fraction of sp³-hybridized carbons (Fsp3) is 0.500. The first kappa shape index (κ1) is 15.6. The van der Waals surface area contributed by atoms with Gasteiger partial charge in [0.05, 0.1) is 9.82 Å². The van der Waals surface area contributed by atoms with Crippen molar-refractivity contribution in [3.63, 3.8) is 0 Å². The van der Waals surface area contributed by atoms with E-state index in [0.29, 0.717) is 11.1 Å². The third-order valence-corrected chi connectivity index (χ3v) is 4.30. The lowest BCUT2D eigenvalue weighted by Gasteiger charge is -2.20. The van der Waals surface area contributed by atoms with Crippen LogP contribution in [0.2, 0.25) is 0 Å². The number of nitrogens with zero attached hydrogens (tertiary/aromatic N) is 1. The molecular formula is C12H18N2O4S. The molecule has 0 aliphatic rings. The maximum atomic E-state index is 12.2. The van der Waals surface area contributed by atoms with Crippen LogP contribution in [0.25, 0.3) is 0 Å². The van der Waals surface area contributed by atoms with Gasteiger partial charge >= 0.3 is 0 Å². The molecule has 0 aliphatic heterocycles. The maximum absolute atomic E-state index is 12.2. The SMILES string of the molecule is Cc1cc(S(=O)(=O)NC(C)(C)C)cc([N+](=O)[O-])c1C. The van der Waals surface area contributed by atoms with Crippen LogP contribution in [0, 0.1) is 24.0 Å². The van der Waals surface area contributed by atoms with Gasteiger partial charge in [-0.3, -0.25) is 10.1 Å².